The lowest BCUT2D eigenvalue weighted by molar-refractivity contribution is -0.145. The number of hydrogen-bond acceptors (Lipinski definition) is 3. The van der Waals surface area contributed by atoms with Gasteiger partial charge in [-0.3, -0.25) is 9.69 Å². The number of rotatable bonds is 4. The molecule has 1 aliphatic rings. The summed E-state index contributed by atoms with van der Waals surface area (Å²) in [6.07, 6.45) is -4.38. The maximum Gasteiger partial charge on any atom is 0.416 e. The van der Waals surface area contributed by atoms with Crippen LogP contribution in [0.4, 0.5) is 13.2 Å². The number of benzene rings is 1. The van der Waals surface area contributed by atoms with Crippen molar-refractivity contribution in [2.75, 3.05) is 26.3 Å². The Morgan fingerprint density at radius 2 is 2.00 bits per heavy atom. The molecule has 1 aliphatic heterocycles. The fraction of sp³-hybridized carbons (Fsp3) is 0.500. The predicted molar refractivity (Wildman–Crippen MR) is 69.0 cm³/mol. The van der Waals surface area contributed by atoms with E-state index in [0.717, 1.165) is 12.1 Å². The first kappa shape index (κ1) is 15.8. The molecule has 116 valence electrons. The number of carboxylic acids is 1. The number of aliphatic carboxylic acids is 1. The molecule has 0 aromatic heterocycles. The van der Waals surface area contributed by atoms with E-state index in [1.54, 1.807) is 4.90 Å². The third-order valence-electron chi connectivity index (χ3n) is 3.45. The van der Waals surface area contributed by atoms with Crippen LogP contribution in [0.15, 0.2) is 24.3 Å². The van der Waals surface area contributed by atoms with Crippen molar-refractivity contribution in [3.63, 3.8) is 0 Å². The number of morpholine rings is 1. The molecule has 0 unspecified atom stereocenters. The van der Waals surface area contributed by atoms with Crippen LogP contribution < -0.4 is 0 Å². The van der Waals surface area contributed by atoms with Gasteiger partial charge < -0.3 is 9.84 Å². The molecular formula is C14H16F3NO3. The van der Waals surface area contributed by atoms with Crippen molar-refractivity contribution >= 4 is 5.97 Å². The molecule has 0 radical (unpaired) electrons. The molecular weight excluding hydrogens is 287 g/mol. The summed E-state index contributed by atoms with van der Waals surface area (Å²) in [5.74, 6) is -1.03. The molecule has 1 fully saturated rings. The van der Waals surface area contributed by atoms with E-state index in [-0.39, 0.29) is 6.42 Å². The number of hydrogen-bond donors (Lipinski definition) is 1. The van der Waals surface area contributed by atoms with Gasteiger partial charge >= 0.3 is 12.1 Å². The van der Waals surface area contributed by atoms with Crippen LogP contribution in [0, 0.1) is 0 Å². The van der Waals surface area contributed by atoms with E-state index in [2.05, 4.69) is 0 Å². The van der Waals surface area contributed by atoms with Crippen molar-refractivity contribution < 1.29 is 27.8 Å². The van der Waals surface area contributed by atoms with Crippen LogP contribution in [0.3, 0.4) is 0 Å². The van der Waals surface area contributed by atoms with Gasteiger partial charge in [0, 0.05) is 13.1 Å². The van der Waals surface area contributed by atoms with Gasteiger partial charge in [-0.25, -0.2) is 0 Å². The van der Waals surface area contributed by atoms with Gasteiger partial charge in [-0.2, -0.15) is 13.2 Å². The molecule has 1 N–H and O–H groups in total. The lowest BCUT2D eigenvalue weighted by atomic mass is 10.0. The monoisotopic (exact) mass is 303 g/mol. The van der Waals surface area contributed by atoms with E-state index >= 15 is 0 Å². The SMILES string of the molecule is O=C(O)[C@H](Cc1cccc(C(F)(F)F)c1)N1CCOCC1. The molecule has 1 saturated heterocycles. The molecule has 0 spiro atoms. The highest BCUT2D eigenvalue weighted by molar-refractivity contribution is 5.74. The van der Waals surface area contributed by atoms with Gasteiger partial charge in [0.15, 0.2) is 0 Å². The van der Waals surface area contributed by atoms with E-state index in [0.29, 0.717) is 31.9 Å². The van der Waals surface area contributed by atoms with E-state index in [1.807, 2.05) is 0 Å². The molecule has 0 aliphatic carbocycles. The topological polar surface area (TPSA) is 49.8 Å². The summed E-state index contributed by atoms with van der Waals surface area (Å²) in [4.78, 5) is 13.1. The van der Waals surface area contributed by atoms with E-state index in [4.69, 9.17) is 4.74 Å². The third kappa shape index (κ3) is 4.18. The summed E-state index contributed by atoms with van der Waals surface area (Å²) in [5, 5.41) is 9.31. The van der Waals surface area contributed by atoms with Crippen molar-refractivity contribution in [1.29, 1.82) is 0 Å². The smallest absolute Gasteiger partial charge is 0.416 e. The van der Waals surface area contributed by atoms with Gasteiger partial charge in [0.05, 0.1) is 18.8 Å². The summed E-state index contributed by atoms with van der Waals surface area (Å²) < 4.78 is 43.2. The first-order valence-electron chi connectivity index (χ1n) is 6.58. The van der Waals surface area contributed by atoms with Gasteiger partial charge in [-0.05, 0) is 18.1 Å². The largest absolute Gasteiger partial charge is 0.480 e. The van der Waals surface area contributed by atoms with E-state index < -0.39 is 23.8 Å². The fourth-order valence-corrected chi connectivity index (χ4v) is 2.36. The number of carboxylic acid groups (broad SMARTS) is 1. The molecule has 1 atom stereocenters. The number of halogens is 3. The van der Waals surface area contributed by atoms with Crippen LogP contribution in [0.1, 0.15) is 11.1 Å². The number of nitrogens with zero attached hydrogens (tertiary/aromatic N) is 1. The summed E-state index contributed by atoms with van der Waals surface area (Å²) in [7, 11) is 0. The Kier molecular flexibility index (Phi) is 4.84. The Balaban J connectivity index is 2.15. The molecule has 7 heteroatoms. The quantitative estimate of drug-likeness (QED) is 0.925. The molecule has 21 heavy (non-hydrogen) atoms. The van der Waals surface area contributed by atoms with Gasteiger partial charge in [0.25, 0.3) is 0 Å². The summed E-state index contributed by atoms with van der Waals surface area (Å²) in [6.45, 7) is 1.81. The molecule has 0 saturated carbocycles. The second kappa shape index (κ2) is 6.44. The van der Waals surface area contributed by atoms with Crippen LogP contribution in [0.5, 0.6) is 0 Å². The third-order valence-corrected chi connectivity index (χ3v) is 3.45. The Hall–Kier alpha value is -1.60. The lowest BCUT2D eigenvalue weighted by Crippen LogP contribution is -2.48. The molecule has 1 aromatic carbocycles. The van der Waals surface area contributed by atoms with Crippen molar-refractivity contribution in [1.82, 2.24) is 4.90 Å². The molecule has 0 amide bonds. The zero-order valence-corrected chi connectivity index (χ0v) is 11.3. The second-order valence-electron chi connectivity index (χ2n) is 4.90. The summed E-state index contributed by atoms with van der Waals surface area (Å²) in [6, 6.07) is 3.98. The van der Waals surface area contributed by atoms with Gasteiger partial charge in [-0.1, -0.05) is 18.2 Å². The number of ether oxygens (including phenoxy) is 1. The standard InChI is InChI=1S/C14H16F3NO3/c15-14(16,17)11-3-1-2-10(8-11)9-12(13(19)20)18-4-6-21-7-5-18/h1-3,8,12H,4-7,9H2,(H,19,20)/t12-/m0/s1. The zero-order chi connectivity index (χ0) is 15.5. The normalized spacial score (nSPS) is 18.4. The zero-order valence-electron chi connectivity index (χ0n) is 11.3. The Morgan fingerprint density at radius 1 is 1.33 bits per heavy atom. The summed E-state index contributed by atoms with van der Waals surface area (Å²) in [5.41, 5.74) is -0.394. The Bertz CT molecular complexity index is 498. The fourth-order valence-electron chi connectivity index (χ4n) is 2.36. The highest BCUT2D eigenvalue weighted by Crippen LogP contribution is 2.30. The van der Waals surface area contributed by atoms with Crippen LogP contribution in [0.2, 0.25) is 0 Å². The first-order chi connectivity index (χ1) is 9.88. The first-order valence-corrected chi connectivity index (χ1v) is 6.58. The van der Waals surface area contributed by atoms with E-state index in [9.17, 15) is 23.1 Å². The average Bonchev–Trinajstić information content (AvgIpc) is 2.45. The molecule has 4 nitrogen and oxygen atoms in total. The van der Waals surface area contributed by atoms with Crippen molar-refractivity contribution in [2.45, 2.75) is 18.6 Å². The Labute approximate surface area is 120 Å². The van der Waals surface area contributed by atoms with Gasteiger partial charge in [0.1, 0.15) is 6.04 Å². The highest BCUT2D eigenvalue weighted by atomic mass is 19.4. The highest BCUT2D eigenvalue weighted by Gasteiger charge is 2.32. The van der Waals surface area contributed by atoms with Crippen molar-refractivity contribution in [3.8, 4) is 0 Å². The van der Waals surface area contributed by atoms with Crippen LogP contribution in [-0.2, 0) is 22.1 Å². The summed E-state index contributed by atoms with van der Waals surface area (Å²) >= 11 is 0. The van der Waals surface area contributed by atoms with Crippen LogP contribution in [-0.4, -0.2) is 48.3 Å². The predicted octanol–water partition coefficient (Wildman–Crippen LogP) is 2.03. The molecule has 1 heterocycles. The molecule has 1 aromatic rings. The minimum Gasteiger partial charge on any atom is -0.480 e. The molecule has 0 bridgehead atoms. The van der Waals surface area contributed by atoms with Crippen LogP contribution >= 0.6 is 0 Å². The number of carbonyl (C=O) groups is 1. The number of alkyl halides is 3. The Morgan fingerprint density at radius 3 is 2.57 bits per heavy atom. The maximum atomic E-state index is 12.7. The van der Waals surface area contributed by atoms with Crippen molar-refractivity contribution in [3.05, 3.63) is 35.4 Å². The van der Waals surface area contributed by atoms with Crippen LogP contribution in [0.25, 0.3) is 0 Å². The molecule has 2 rings (SSSR count). The maximum absolute atomic E-state index is 12.7. The van der Waals surface area contributed by atoms with Crippen molar-refractivity contribution in [2.24, 2.45) is 0 Å². The minimum absolute atomic E-state index is 0.0409. The lowest BCUT2D eigenvalue weighted by Gasteiger charge is -2.32. The minimum atomic E-state index is -4.42. The van der Waals surface area contributed by atoms with E-state index in [1.165, 1.54) is 12.1 Å². The second-order valence-corrected chi connectivity index (χ2v) is 4.90. The van der Waals surface area contributed by atoms with Gasteiger partial charge in [0.2, 0.25) is 0 Å². The average molecular weight is 303 g/mol. The van der Waals surface area contributed by atoms with Gasteiger partial charge in [-0.15, -0.1) is 0 Å².